The quantitative estimate of drug-likeness (QED) is 0.625. The molecule has 0 fully saturated rings. The van der Waals surface area contributed by atoms with Crippen molar-refractivity contribution in [3.05, 3.63) is 34.7 Å². The van der Waals surface area contributed by atoms with Gasteiger partial charge in [0.25, 0.3) is 5.84 Å². The van der Waals surface area contributed by atoms with Crippen LogP contribution in [-0.4, -0.2) is 16.2 Å². The average molecular weight is 221 g/mol. The minimum absolute atomic E-state index is 0.165. The van der Waals surface area contributed by atoms with Crippen molar-refractivity contribution in [1.29, 1.82) is 0 Å². The predicted octanol–water partition coefficient (Wildman–Crippen LogP) is 0.0377. The van der Waals surface area contributed by atoms with Crippen LogP contribution in [0.5, 0.6) is 5.75 Å². The van der Waals surface area contributed by atoms with E-state index >= 15 is 0 Å². The Morgan fingerprint density at radius 2 is 2.13 bits per heavy atom. The van der Waals surface area contributed by atoms with Gasteiger partial charge in [-0.2, -0.15) is 4.99 Å². The number of para-hydroxylation sites is 1. The normalized spacial score (nSPS) is 18.3. The van der Waals surface area contributed by atoms with Crippen LogP contribution in [0.4, 0.5) is 4.79 Å². The third-order valence-corrected chi connectivity index (χ3v) is 2.77. The van der Waals surface area contributed by atoms with Gasteiger partial charge in [-0.15, -0.1) is 0 Å². The highest BCUT2D eigenvalue weighted by Gasteiger charge is 2.24. The highest BCUT2D eigenvalue weighted by molar-refractivity contribution is 8.17. The fourth-order valence-corrected chi connectivity index (χ4v) is 1.92. The van der Waals surface area contributed by atoms with E-state index in [4.69, 9.17) is 5.73 Å². The molecule has 0 aromatic heterocycles. The number of benzene rings is 1. The molecule has 0 spiro atoms. The first kappa shape index (κ1) is 9.79. The molecule has 0 radical (unpaired) electrons. The van der Waals surface area contributed by atoms with E-state index in [0.717, 1.165) is 11.8 Å². The summed E-state index contributed by atoms with van der Waals surface area (Å²) >= 11 is 1.02. The van der Waals surface area contributed by atoms with Crippen molar-refractivity contribution in [3.8, 4) is 5.75 Å². The Bertz CT molecular complexity index is 480. The molecule has 1 aromatic rings. The van der Waals surface area contributed by atoms with Crippen LogP contribution in [0, 0.1) is 0 Å². The summed E-state index contributed by atoms with van der Waals surface area (Å²) in [5, 5.41) is 9.31. The van der Waals surface area contributed by atoms with Gasteiger partial charge in [-0.25, -0.2) is 4.79 Å². The van der Waals surface area contributed by atoms with Gasteiger partial charge in [0.05, 0.1) is 0 Å². The van der Waals surface area contributed by atoms with Gasteiger partial charge >= 0.3 is 5.24 Å². The maximum absolute atomic E-state index is 11.0. The number of hydrogen-bond donors (Lipinski definition) is 3. The summed E-state index contributed by atoms with van der Waals surface area (Å²) < 4.78 is 0. The van der Waals surface area contributed by atoms with E-state index in [0.29, 0.717) is 16.3 Å². The van der Waals surface area contributed by atoms with E-state index in [9.17, 15) is 9.90 Å². The molecule has 0 bridgehead atoms. The number of aromatic hydroxyl groups is 1. The second kappa shape index (κ2) is 3.78. The summed E-state index contributed by atoms with van der Waals surface area (Å²) in [5.74, 6) is 0.492. The van der Waals surface area contributed by atoms with E-state index in [1.165, 1.54) is 0 Å². The fourth-order valence-electron chi connectivity index (χ4n) is 1.21. The molecule has 76 valence electrons. The number of nitrogens with two attached hydrogens (primary N) is 1. The molecule has 15 heavy (non-hydrogen) atoms. The number of carbonyl (C=O) groups is 1. The molecule has 0 unspecified atom stereocenters. The maximum Gasteiger partial charge on any atom is 0.372 e. The van der Waals surface area contributed by atoms with Crippen LogP contribution in [-0.2, 0) is 0 Å². The molecular formula is C10H9N2O2S+. The Kier molecular flexibility index (Phi) is 2.47. The molecule has 0 saturated carbocycles. The van der Waals surface area contributed by atoms with Gasteiger partial charge in [-0.3, -0.25) is 5.73 Å². The average Bonchev–Trinajstić information content (AvgIpc) is 2.49. The highest BCUT2D eigenvalue weighted by Crippen LogP contribution is 2.24. The van der Waals surface area contributed by atoms with Crippen LogP contribution in [0.15, 0.2) is 29.2 Å². The highest BCUT2D eigenvalue weighted by atomic mass is 32.2. The molecule has 1 aromatic carbocycles. The SMILES string of the molecule is NC1=[NH+]C(=O)S/C1=C\c1ccccc1O. The number of carbonyl (C=O) groups excluding carboxylic acids is 1. The van der Waals surface area contributed by atoms with Crippen molar-refractivity contribution in [1.82, 2.24) is 0 Å². The Balaban J connectivity index is 2.37. The van der Waals surface area contributed by atoms with E-state index < -0.39 is 0 Å². The molecule has 5 heteroatoms. The first-order valence-corrected chi connectivity index (χ1v) is 5.10. The zero-order chi connectivity index (χ0) is 10.8. The number of hydrogen-bond acceptors (Lipinski definition) is 4. The first-order valence-electron chi connectivity index (χ1n) is 4.28. The number of nitrogens with one attached hydrogen (secondary N) is 1. The molecule has 0 aliphatic carbocycles. The molecule has 1 amide bonds. The van der Waals surface area contributed by atoms with Gasteiger partial charge in [0.15, 0.2) is 0 Å². The number of phenolic OH excluding ortho intramolecular Hbond substituents is 1. The number of rotatable bonds is 1. The summed E-state index contributed by atoms with van der Waals surface area (Å²) in [7, 11) is 0. The second-order valence-corrected chi connectivity index (χ2v) is 4.01. The summed E-state index contributed by atoms with van der Waals surface area (Å²) in [6.45, 7) is 0. The van der Waals surface area contributed by atoms with Gasteiger partial charge in [0.2, 0.25) is 0 Å². The van der Waals surface area contributed by atoms with Crippen molar-refractivity contribution >= 4 is 28.9 Å². The van der Waals surface area contributed by atoms with Gasteiger partial charge in [-0.1, -0.05) is 18.2 Å². The molecule has 4 N–H and O–H groups in total. The second-order valence-electron chi connectivity index (χ2n) is 3.00. The number of amidine groups is 1. The third-order valence-electron chi connectivity index (χ3n) is 1.93. The lowest BCUT2D eigenvalue weighted by Crippen LogP contribution is -2.74. The first-order chi connectivity index (χ1) is 7.16. The standard InChI is InChI=1S/C10H8N2O2S/c11-9-8(15-10(14)12-9)5-6-3-1-2-4-7(6)13/h1-5,13H,(H2,11,12,14)/p+1/b8-5-. The van der Waals surface area contributed by atoms with Crippen molar-refractivity contribution in [3.63, 3.8) is 0 Å². The zero-order valence-corrected chi connectivity index (χ0v) is 8.54. The van der Waals surface area contributed by atoms with Crippen LogP contribution < -0.4 is 10.7 Å². The van der Waals surface area contributed by atoms with E-state index in [2.05, 4.69) is 4.99 Å². The predicted molar refractivity (Wildman–Crippen MR) is 59.2 cm³/mol. The summed E-state index contributed by atoms with van der Waals surface area (Å²) in [6, 6.07) is 6.86. The molecule has 1 aliphatic heterocycles. The van der Waals surface area contributed by atoms with Crippen molar-refractivity contribution < 1.29 is 14.9 Å². The number of amides is 1. The maximum atomic E-state index is 11.0. The number of thioether (sulfide) groups is 1. The van der Waals surface area contributed by atoms with E-state index in [1.54, 1.807) is 30.3 Å². The third kappa shape index (κ3) is 2.02. The minimum atomic E-state index is -0.200. The molecule has 1 aliphatic rings. The Labute approximate surface area is 90.5 Å². The summed E-state index contributed by atoms with van der Waals surface area (Å²) in [5.41, 5.74) is 6.22. The van der Waals surface area contributed by atoms with Crippen LogP contribution in [0.25, 0.3) is 6.08 Å². The fraction of sp³-hybridized carbons (Fsp3) is 0. The smallest absolute Gasteiger partial charge is 0.372 e. The Morgan fingerprint density at radius 3 is 2.73 bits per heavy atom. The molecular weight excluding hydrogens is 212 g/mol. The van der Waals surface area contributed by atoms with E-state index in [1.807, 2.05) is 0 Å². The van der Waals surface area contributed by atoms with Crippen LogP contribution in [0.1, 0.15) is 5.56 Å². The van der Waals surface area contributed by atoms with Gasteiger partial charge in [0.1, 0.15) is 10.7 Å². The lowest BCUT2D eigenvalue weighted by molar-refractivity contribution is -0.326. The summed E-state index contributed by atoms with van der Waals surface area (Å²) in [4.78, 5) is 14.1. The van der Waals surface area contributed by atoms with Gasteiger partial charge in [0, 0.05) is 17.3 Å². The number of phenols is 1. The van der Waals surface area contributed by atoms with Crippen LogP contribution in [0.2, 0.25) is 0 Å². The largest absolute Gasteiger partial charge is 0.507 e. The Hall–Kier alpha value is -1.75. The minimum Gasteiger partial charge on any atom is -0.507 e. The molecule has 2 rings (SSSR count). The van der Waals surface area contributed by atoms with Crippen molar-refractivity contribution in [2.45, 2.75) is 0 Å². The van der Waals surface area contributed by atoms with Crippen molar-refractivity contribution in [2.75, 3.05) is 0 Å². The lowest BCUT2D eigenvalue weighted by atomic mass is 10.2. The van der Waals surface area contributed by atoms with Gasteiger partial charge in [-0.05, 0) is 12.1 Å². The topological polar surface area (TPSA) is 77.3 Å². The Morgan fingerprint density at radius 1 is 1.40 bits per heavy atom. The van der Waals surface area contributed by atoms with E-state index in [-0.39, 0.29) is 11.0 Å². The molecule has 4 nitrogen and oxygen atoms in total. The summed E-state index contributed by atoms with van der Waals surface area (Å²) in [6.07, 6.45) is 1.67. The van der Waals surface area contributed by atoms with Crippen LogP contribution >= 0.6 is 11.8 Å². The molecule has 0 saturated heterocycles. The monoisotopic (exact) mass is 221 g/mol. The van der Waals surface area contributed by atoms with Crippen molar-refractivity contribution in [2.24, 2.45) is 5.73 Å². The zero-order valence-electron chi connectivity index (χ0n) is 7.73. The lowest BCUT2D eigenvalue weighted by Gasteiger charge is -1.97. The molecule has 0 atom stereocenters. The van der Waals surface area contributed by atoms with Crippen LogP contribution in [0.3, 0.4) is 0 Å². The van der Waals surface area contributed by atoms with Gasteiger partial charge < -0.3 is 5.11 Å². The molecule has 1 heterocycles.